The summed E-state index contributed by atoms with van der Waals surface area (Å²) in [6, 6.07) is 6.68. The van der Waals surface area contributed by atoms with E-state index in [1.807, 2.05) is 0 Å². The number of alkyl halides is 1. The zero-order valence-corrected chi connectivity index (χ0v) is 14.2. The van der Waals surface area contributed by atoms with Gasteiger partial charge in [-0.05, 0) is 37.1 Å². The maximum absolute atomic E-state index is 11.4. The van der Waals surface area contributed by atoms with Crippen molar-refractivity contribution in [3.8, 4) is 5.75 Å². The van der Waals surface area contributed by atoms with E-state index in [4.69, 9.17) is 4.74 Å². The molecule has 0 amide bonds. The van der Waals surface area contributed by atoms with Gasteiger partial charge in [0.15, 0.2) is 9.84 Å². The van der Waals surface area contributed by atoms with E-state index >= 15 is 0 Å². The van der Waals surface area contributed by atoms with Gasteiger partial charge in [-0.15, -0.1) is 0 Å². The largest absolute Gasteiger partial charge is 0.493 e. The van der Waals surface area contributed by atoms with Crippen molar-refractivity contribution in [2.75, 3.05) is 18.2 Å². The molecule has 0 heterocycles. The van der Waals surface area contributed by atoms with Gasteiger partial charge in [-0.2, -0.15) is 0 Å². The van der Waals surface area contributed by atoms with Crippen molar-refractivity contribution in [3.63, 3.8) is 0 Å². The lowest BCUT2D eigenvalue weighted by Gasteiger charge is -2.35. The van der Waals surface area contributed by atoms with Crippen LogP contribution < -0.4 is 4.74 Å². The van der Waals surface area contributed by atoms with E-state index in [-0.39, 0.29) is 5.41 Å². The Bertz CT molecular complexity index is 531. The number of benzene rings is 1. The van der Waals surface area contributed by atoms with Gasteiger partial charge in [0, 0.05) is 17.0 Å². The molecule has 0 aromatic heterocycles. The van der Waals surface area contributed by atoms with Crippen molar-refractivity contribution in [2.24, 2.45) is 5.41 Å². The lowest BCUT2D eigenvalue weighted by molar-refractivity contribution is 0.122. The van der Waals surface area contributed by atoms with Gasteiger partial charge in [0.25, 0.3) is 0 Å². The molecule has 0 atom stereocenters. The fourth-order valence-electron chi connectivity index (χ4n) is 2.64. The first-order valence-corrected chi connectivity index (χ1v) is 9.95. The van der Waals surface area contributed by atoms with Crippen LogP contribution in [0.2, 0.25) is 0 Å². The van der Waals surface area contributed by atoms with E-state index in [1.165, 1.54) is 38.4 Å². The molecule has 1 fully saturated rings. The van der Waals surface area contributed by atoms with Crippen LogP contribution >= 0.6 is 15.9 Å². The molecule has 1 aliphatic rings. The van der Waals surface area contributed by atoms with Crippen LogP contribution in [0.4, 0.5) is 0 Å². The Hall–Kier alpha value is -0.550. The molecule has 3 nitrogen and oxygen atoms in total. The Kier molecular flexibility index (Phi) is 5.13. The highest BCUT2D eigenvalue weighted by atomic mass is 79.9. The maximum atomic E-state index is 11.4. The lowest BCUT2D eigenvalue weighted by Crippen LogP contribution is -2.32. The third kappa shape index (κ3) is 3.98. The van der Waals surface area contributed by atoms with Crippen LogP contribution in [0.5, 0.6) is 5.75 Å². The summed E-state index contributed by atoms with van der Waals surface area (Å²) in [7, 11) is -3.13. The molecule has 0 unspecified atom stereocenters. The van der Waals surface area contributed by atoms with E-state index < -0.39 is 9.84 Å². The third-order valence-electron chi connectivity index (χ3n) is 3.99. The average molecular weight is 361 g/mol. The van der Waals surface area contributed by atoms with Crippen LogP contribution in [0, 0.1) is 5.41 Å². The van der Waals surface area contributed by atoms with E-state index in [0.29, 0.717) is 11.5 Å². The third-order valence-corrected chi connectivity index (χ3v) is 6.31. The molecule has 1 saturated carbocycles. The van der Waals surface area contributed by atoms with E-state index in [1.54, 1.807) is 24.3 Å². The first-order chi connectivity index (χ1) is 9.45. The molecule has 0 saturated heterocycles. The van der Waals surface area contributed by atoms with Gasteiger partial charge >= 0.3 is 0 Å². The van der Waals surface area contributed by atoms with Crippen molar-refractivity contribution in [1.29, 1.82) is 0 Å². The molecule has 1 aromatic rings. The molecular weight excluding hydrogens is 340 g/mol. The highest BCUT2D eigenvalue weighted by molar-refractivity contribution is 9.09. The Morgan fingerprint density at radius 1 is 1.15 bits per heavy atom. The Balaban J connectivity index is 2.00. The summed E-state index contributed by atoms with van der Waals surface area (Å²) in [4.78, 5) is 0.331. The molecule has 20 heavy (non-hydrogen) atoms. The Morgan fingerprint density at radius 3 is 2.25 bits per heavy atom. The number of sulfone groups is 1. The highest BCUT2D eigenvalue weighted by Crippen LogP contribution is 2.38. The van der Waals surface area contributed by atoms with Crippen LogP contribution in [0.15, 0.2) is 29.2 Å². The Morgan fingerprint density at radius 2 is 1.75 bits per heavy atom. The van der Waals surface area contributed by atoms with E-state index in [9.17, 15) is 8.42 Å². The predicted molar refractivity (Wildman–Crippen MR) is 84.4 cm³/mol. The molecule has 0 bridgehead atoms. The van der Waals surface area contributed by atoms with Gasteiger partial charge in [0.2, 0.25) is 0 Å². The minimum absolute atomic E-state index is 0.230. The van der Waals surface area contributed by atoms with Gasteiger partial charge in [-0.3, -0.25) is 0 Å². The van der Waals surface area contributed by atoms with Gasteiger partial charge in [0.05, 0.1) is 11.5 Å². The first-order valence-electron chi connectivity index (χ1n) is 6.94. The summed E-state index contributed by atoms with van der Waals surface area (Å²) < 4.78 is 28.7. The summed E-state index contributed by atoms with van der Waals surface area (Å²) in [6.07, 6.45) is 7.45. The number of hydrogen-bond donors (Lipinski definition) is 0. The van der Waals surface area contributed by atoms with Crippen molar-refractivity contribution in [2.45, 2.75) is 37.0 Å². The van der Waals surface area contributed by atoms with Crippen LogP contribution in [-0.2, 0) is 9.84 Å². The standard InChI is InChI=1S/C15H21BrO3S/c1-20(17,18)14-7-5-13(6-8-14)19-12-15(11-16)9-3-2-4-10-15/h5-8H,2-4,9-12H2,1H3. The topological polar surface area (TPSA) is 43.4 Å². The van der Waals surface area contributed by atoms with Crippen molar-refractivity contribution < 1.29 is 13.2 Å². The lowest BCUT2D eigenvalue weighted by atomic mass is 9.76. The number of halogens is 1. The van der Waals surface area contributed by atoms with Gasteiger partial charge in [0.1, 0.15) is 5.75 Å². The predicted octanol–water partition coefficient (Wildman–Crippen LogP) is 3.81. The van der Waals surface area contributed by atoms with Crippen molar-refractivity contribution in [3.05, 3.63) is 24.3 Å². The smallest absolute Gasteiger partial charge is 0.175 e. The molecule has 1 aliphatic carbocycles. The van der Waals surface area contributed by atoms with Crippen LogP contribution in [0.25, 0.3) is 0 Å². The van der Waals surface area contributed by atoms with E-state index in [0.717, 1.165) is 11.1 Å². The second kappa shape index (κ2) is 6.48. The zero-order chi connectivity index (χ0) is 14.6. The SMILES string of the molecule is CS(=O)(=O)c1ccc(OCC2(CBr)CCCCC2)cc1. The fraction of sp³-hybridized carbons (Fsp3) is 0.600. The summed E-state index contributed by atoms with van der Waals surface area (Å²) in [5, 5.41) is 0.960. The minimum atomic E-state index is -3.13. The van der Waals surface area contributed by atoms with Crippen molar-refractivity contribution >= 4 is 25.8 Å². The highest BCUT2D eigenvalue weighted by Gasteiger charge is 2.31. The van der Waals surface area contributed by atoms with E-state index in [2.05, 4.69) is 15.9 Å². The number of rotatable bonds is 5. The fourth-order valence-corrected chi connectivity index (χ4v) is 3.99. The minimum Gasteiger partial charge on any atom is -0.493 e. The summed E-state index contributed by atoms with van der Waals surface area (Å²) in [5.41, 5.74) is 0.230. The van der Waals surface area contributed by atoms with Crippen LogP contribution in [0.3, 0.4) is 0 Å². The molecular formula is C15H21BrO3S. The quantitative estimate of drug-likeness (QED) is 0.749. The first kappa shape index (κ1) is 15.8. The van der Waals surface area contributed by atoms with Gasteiger partial charge < -0.3 is 4.74 Å². The molecule has 5 heteroatoms. The molecule has 2 rings (SSSR count). The molecule has 0 radical (unpaired) electrons. The summed E-state index contributed by atoms with van der Waals surface area (Å²) >= 11 is 3.62. The summed E-state index contributed by atoms with van der Waals surface area (Å²) in [6.45, 7) is 0.691. The monoisotopic (exact) mass is 360 g/mol. The maximum Gasteiger partial charge on any atom is 0.175 e. The molecule has 112 valence electrons. The van der Waals surface area contributed by atoms with Crippen LogP contribution in [0.1, 0.15) is 32.1 Å². The number of hydrogen-bond acceptors (Lipinski definition) is 3. The Labute approximate surface area is 129 Å². The molecule has 0 spiro atoms. The molecule has 1 aromatic carbocycles. The van der Waals surface area contributed by atoms with Gasteiger partial charge in [-0.25, -0.2) is 8.42 Å². The van der Waals surface area contributed by atoms with Crippen LogP contribution in [-0.4, -0.2) is 26.6 Å². The average Bonchev–Trinajstić information content (AvgIpc) is 2.46. The van der Waals surface area contributed by atoms with Gasteiger partial charge in [-0.1, -0.05) is 35.2 Å². The van der Waals surface area contributed by atoms with Crippen molar-refractivity contribution in [1.82, 2.24) is 0 Å². The second-order valence-corrected chi connectivity index (χ2v) is 8.30. The normalized spacial score (nSPS) is 18.7. The molecule has 0 N–H and O–H groups in total. The second-order valence-electron chi connectivity index (χ2n) is 5.73. The molecule has 0 aliphatic heterocycles. The zero-order valence-electron chi connectivity index (χ0n) is 11.8. The number of ether oxygens (including phenoxy) is 1. The summed E-state index contributed by atoms with van der Waals surface area (Å²) in [5.74, 6) is 0.739.